The molecule has 0 aliphatic carbocycles. The van der Waals surface area contributed by atoms with Crippen molar-refractivity contribution in [2.75, 3.05) is 6.54 Å². The molecule has 31 heavy (non-hydrogen) atoms. The Labute approximate surface area is 184 Å². The van der Waals surface area contributed by atoms with Gasteiger partial charge in [0.2, 0.25) is 0 Å². The van der Waals surface area contributed by atoms with Gasteiger partial charge in [-0.25, -0.2) is 14.2 Å². The lowest BCUT2D eigenvalue weighted by Gasteiger charge is -2.39. The topological polar surface area (TPSA) is 80.5 Å². The van der Waals surface area contributed by atoms with E-state index in [0.29, 0.717) is 33.2 Å². The van der Waals surface area contributed by atoms with E-state index in [1.165, 1.54) is 35.8 Å². The first-order valence-electron chi connectivity index (χ1n) is 10.7. The number of primary amides is 1. The van der Waals surface area contributed by atoms with Crippen molar-refractivity contribution in [2.45, 2.75) is 50.2 Å². The molecule has 2 amide bonds. The molecule has 2 fully saturated rings. The first-order valence-corrected chi connectivity index (χ1v) is 11.5. The molecule has 3 aromatic rings. The lowest BCUT2D eigenvalue weighted by atomic mass is 9.96. The highest BCUT2D eigenvalue weighted by Gasteiger charge is 2.40. The number of urea groups is 1. The van der Waals surface area contributed by atoms with Gasteiger partial charge in [-0.2, -0.15) is 0 Å². The summed E-state index contributed by atoms with van der Waals surface area (Å²) in [5.74, 6) is 0.422. The Morgan fingerprint density at radius 1 is 1.19 bits per heavy atom. The third-order valence-electron chi connectivity index (χ3n) is 6.37. The van der Waals surface area contributed by atoms with Gasteiger partial charge in [0.15, 0.2) is 0 Å². The molecule has 2 saturated heterocycles. The Balaban J connectivity index is 1.17. The van der Waals surface area contributed by atoms with Crippen LogP contribution in [0.3, 0.4) is 0 Å². The molecule has 0 spiro atoms. The van der Waals surface area contributed by atoms with Gasteiger partial charge in [-0.3, -0.25) is 4.90 Å². The predicted octanol–water partition coefficient (Wildman–Crippen LogP) is 4.43. The number of aromatic nitrogens is 1. The summed E-state index contributed by atoms with van der Waals surface area (Å²) in [5, 5.41) is 3.33. The fourth-order valence-electron chi connectivity index (χ4n) is 4.98. The molecule has 2 aliphatic heterocycles. The second-order valence-electron chi connectivity index (χ2n) is 8.36. The van der Waals surface area contributed by atoms with Gasteiger partial charge in [-0.1, -0.05) is 29.5 Å². The molecule has 3 N–H and O–H groups in total. The van der Waals surface area contributed by atoms with E-state index in [4.69, 9.17) is 10.5 Å². The van der Waals surface area contributed by atoms with Crippen molar-refractivity contribution in [3.8, 4) is 10.9 Å². The molecular formula is C23H25FN4O2S. The Morgan fingerprint density at radius 3 is 2.61 bits per heavy atom. The zero-order chi connectivity index (χ0) is 21.4. The zero-order valence-electron chi connectivity index (χ0n) is 17.1. The van der Waals surface area contributed by atoms with Crippen LogP contribution >= 0.6 is 11.3 Å². The number of hydrogen-bond donors (Lipinski definition) is 2. The van der Waals surface area contributed by atoms with Crippen LogP contribution in [0.15, 0.2) is 42.5 Å². The van der Waals surface area contributed by atoms with Crippen LogP contribution in [0.4, 0.5) is 9.18 Å². The number of carbonyl (C=O) groups excluding carboxylic acids is 1. The van der Waals surface area contributed by atoms with Gasteiger partial charge in [-0.05, 0) is 61.9 Å². The Morgan fingerprint density at radius 2 is 1.94 bits per heavy atom. The molecular weight excluding hydrogens is 415 g/mol. The minimum Gasteiger partial charge on any atom is -0.431 e. The van der Waals surface area contributed by atoms with Gasteiger partial charge in [-0.15, -0.1) is 0 Å². The van der Waals surface area contributed by atoms with Crippen LogP contribution in [0.1, 0.15) is 31.2 Å². The van der Waals surface area contributed by atoms with Gasteiger partial charge in [0.1, 0.15) is 11.6 Å². The second-order valence-corrected chi connectivity index (χ2v) is 9.33. The van der Waals surface area contributed by atoms with Crippen molar-refractivity contribution < 1.29 is 13.9 Å². The summed E-state index contributed by atoms with van der Waals surface area (Å²) in [6, 6.07) is 13.7. The van der Waals surface area contributed by atoms with Gasteiger partial charge < -0.3 is 15.8 Å². The molecule has 3 heterocycles. The van der Waals surface area contributed by atoms with Crippen molar-refractivity contribution in [1.82, 2.24) is 15.2 Å². The standard InChI is InChI=1S/C23H25FN4O2S/c24-19-2-1-3-20-21(19)31-23(27-20)30-18-8-4-14(5-9-18)10-11-28-16-6-7-17(28)13-15(12-16)26-22(25)29/h1-5,8-9,15-17H,6-7,10-13H2,(H3,25,26,29)/t15?,16-,17+. The maximum Gasteiger partial charge on any atom is 0.312 e. The highest BCUT2D eigenvalue weighted by Crippen LogP contribution is 2.36. The van der Waals surface area contributed by atoms with E-state index in [-0.39, 0.29) is 11.9 Å². The molecule has 2 aromatic carbocycles. The fourth-order valence-corrected chi connectivity index (χ4v) is 5.82. The third kappa shape index (κ3) is 4.36. The Bertz CT molecular complexity index is 1070. The molecule has 2 bridgehead atoms. The summed E-state index contributed by atoms with van der Waals surface area (Å²) in [6.07, 6.45) is 5.31. The first-order chi connectivity index (χ1) is 15.0. The summed E-state index contributed by atoms with van der Waals surface area (Å²) in [7, 11) is 0. The number of rotatable bonds is 6. The number of hydrogen-bond acceptors (Lipinski definition) is 5. The summed E-state index contributed by atoms with van der Waals surface area (Å²) >= 11 is 1.21. The highest BCUT2D eigenvalue weighted by atomic mass is 32.1. The number of fused-ring (bicyclic) bond motifs is 3. The van der Waals surface area contributed by atoms with Crippen molar-refractivity contribution in [3.63, 3.8) is 0 Å². The minimum absolute atomic E-state index is 0.207. The number of benzene rings is 2. The smallest absolute Gasteiger partial charge is 0.312 e. The van der Waals surface area contributed by atoms with E-state index in [0.717, 1.165) is 25.8 Å². The van der Waals surface area contributed by atoms with Crippen LogP contribution in [0.5, 0.6) is 10.9 Å². The van der Waals surface area contributed by atoms with E-state index in [2.05, 4.69) is 27.3 Å². The quantitative estimate of drug-likeness (QED) is 0.594. The molecule has 6 nitrogen and oxygen atoms in total. The molecule has 162 valence electrons. The Kier molecular flexibility index (Phi) is 5.50. The van der Waals surface area contributed by atoms with Crippen LogP contribution in [0, 0.1) is 5.82 Å². The molecule has 0 radical (unpaired) electrons. The average molecular weight is 441 g/mol. The normalized spacial score (nSPS) is 23.2. The summed E-state index contributed by atoms with van der Waals surface area (Å²) in [6.45, 7) is 1.01. The van der Waals surface area contributed by atoms with Crippen LogP contribution in [0.2, 0.25) is 0 Å². The van der Waals surface area contributed by atoms with Crippen LogP contribution in [0.25, 0.3) is 10.2 Å². The molecule has 1 unspecified atom stereocenters. The lowest BCUT2D eigenvalue weighted by Crippen LogP contribution is -2.51. The highest BCUT2D eigenvalue weighted by molar-refractivity contribution is 7.20. The number of thiazole rings is 1. The fraction of sp³-hybridized carbons (Fsp3) is 0.391. The first kappa shape index (κ1) is 20.2. The molecule has 3 atom stereocenters. The van der Waals surface area contributed by atoms with Crippen molar-refractivity contribution in [3.05, 3.63) is 53.8 Å². The average Bonchev–Trinajstić information content (AvgIpc) is 3.25. The van der Waals surface area contributed by atoms with Crippen molar-refractivity contribution in [1.29, 1.82) is 0 Å². The third-order valence-corrected chi connectivity index (χ3v) is 7.32. The summed E-state index contributed by atoms with van der Waals surface area (Å²) < 4.78 is 20.2. The van der Waals surface area contributed by atoms with Crippen molar-refractivity contribution in [2.24, 2.45) is 5.73 Å². The van der Waals surface area contributed by atoms with Crippen molar-refractivity contribution >= 4 is 27.6 Å². The second kappa shape index (κ2) is 8.43. The zero-order valence-corrected chi connectivity index (χ0v) is 17.9. The predicted molar refractivity (Wildman–Crippen MR) is 119 cm³/mol. The monoisotopic (exact) mass is 440 g/mol. The molecule has 1 aromatic heterocycles. The number of piperidine rings is 1. The van der Waals surface area contributed by atoms with E-state index in [1.807, 2.05) is 12.1 Å². The van der Waals surface area contributed by atoms with E-state index >= 15 is 0 Å². The van der Waals surface area contributed by atoms with Gasteiger partial charge in [0.05, 0.1) is 10.2 Å². The lowest BCUT2D eigenvalue weighted by molar-refractivity contribution is 0.121. The largest absolute Gasteiger partial charge is 0.431 e. The summed E-state index contributed by atoms with van der Waals surface area (Å²) in [5.41, 5.74) is 7.16. The molecule has 8 heteroatoms. The number of nitrogens with zero attached hydrogens (tertiary/aromatic N) is 2. The molecule has 5 rings (SSSR count). The van der Waals surface area contributed by atoms with Gasteiger partial charge >= 0.3 is 6.03 Å². The number of amides is 2. The van der Waals surface area contributed by atoms with Crippen LogP contribution < -0.4 is 15.8 Å². The van der Waals surface area contributed by atoms with Crippen LogP contribution in [-0.2, 0) is 6.42 Å². The maximum atomic E-state index is 13.9. The molecule has 0 saturated carbocycles. The Hall–Kier alpha value is -2.71. The minimum atomic E-state index is -0.420. The van der Waals surface area contributed by atoms with E-state index in [9.17, 15) is 9.18 Å². The van der Waals surface area contributed by atoms with Crippen LogP contribution in [-0.4, -0.2) is 40.6 Å². The summed E-state index contributed by atoms with van der Waals surface area (Å²) in [4.78, 5) is 18.1. The SMILES string of the molecule is NC(=O)NC1C[C@H]2CC[C@@H](C1)N2CCc1ccc(Oc2nc3cccc(F)c3s2)cc1. The van der Waals surface area contributed by atoms with Gasteiger partial charge in [0, 0.05) is 24.7 Å². The maximum absolute atomic E-state index is 13.9. The van der Waals surface area contributed by atoms with Gasteiger partial charge in [0.25, 0.3) is 5.19 Å². The van der Waals surface area contributed by atoms with E-state index in [1.54, 1.807) is 12.1 Å². The number of nitrogens with one attached hydrogen (secondary N) is 1. The molecule has 2 aliphatic rings. The number of ether oxygens (including phenoxy) is 1. The number of halogens is 1. The number of nitrogens with two attached hydrogens (primary N) is 1. The number of carbonyl (C=O) groups is 1. The van der Waals surface area contributed by atoms with E-state index < -0.39 is 6.03 Å².